The summed E-state index contributed by atoms with van der Waals surface area (Å²) in [6, 6.07) is 11.4. The topological polar surface area (TPSA) is 53.1 Å². The molecule has 190 valence electrons. The van der Waals surface area contributed by atoms with Crippen LogP contribution in [0.1, 0.15) is 63.6 Å². The summed E-state index contributed by atoms with van der Waals surface area (Å²) in [6.45, 7) is 6.16. The molecule has 2 aromatic rings. The number of piperidine rings is 1. The first kappa shape index (κ1) is 25.7. The number of thiocarbonyl (C=S) groups is 1. The summed E-state index contributed by atoms with van der Waals surface area (Å²) in [4.78, 5) is 10.1. The number of nitrogens with one attached hydrogen (secondary N) is 2. The third-order valence-electron chi connectivity index (χ3n) is 7.21. The minimum Gasteiger partial charge on any atom is -0.361 e. The monoisotopic (exact) mass is 505 g/mol. The molecule has 2 fully saturated rings. The van der Waals surface area contributed by atoms with Crippen molar-refractivity contribution in [2.75, 3.05) is 29.9 Å². The average molecular weight is 506 g/mol. The number of rotatable bonds is 5. The largest absolute Gasteiger partial charge is 0.433 e. The van der Waals surface area contributed by atoms with Crippen molar-refractivity contribution < 1.29 is 13.2 Å². The van der Waals surface area contributed by atoms with Gasteiger partial charge in [-0.2, -0.15) is 18.2 Å². The third kappa shape index (κ3) is 6.42. The van der Waals surface area contributed by atoms with E-state index in [-0.39, 0.29) is 22.3 Å². The molecule has 5 nitrogen and oxygen atoms in total. The van der Waals surface area contributed by atoms with Crippen molar-refractivity contribution in [3.63, 3.8) is 0 Å². The summed E-state index contributed by atoms with van der Waals surface area (Å²) >= 11 is 5.48. The smallest absolute Gasteiger partial charge is 0.361 e. The maximum absolute atomic E-state index is 13.6. The zero-order valence-electron chi connectivity index (χ0n) is 20.4. The Kier molecular flexibility index (Phi) is 7.83. The first-order chi connectivity index (χ1) is 16.6. The molecule has 1 saturated heterocycles. The Balaban J connectivity index is 1.51. The molecule has 0 amide bonds. The van der Waals surface area contributed by atoms with Crippen LogP contribution in [-0.4, -0.2) is 34.7 Å². The van der Waals surface area contributed by atoms with Crippen molar-refractivity contribution in [3.05, 3.63) is 47.7 Å². The zero-order valence-corrected chi connectivity index (χ0v) is 21.2. The van der Waals surface area contributed by atoms with E-state index >= 15 is 0 Å². The average Bonchev–Trinajstić information content (AvgIpc) is 2.82. The van der Waals surface area contributed by atoms with Crippen LogP contribution in [0.3, 0.4) is 0 Å². The normalized spacial score (nSPS) is 22.5. The van der Waals surface area contributed by atoms with Gasteiger partial charge in [0.1, 0.15) is 5.82 Å². The quantitative estimate of drug-likeness (QED) is 0.474. The number of benzene rings is 1. The van der Waals surface area contributed by atoms with Crippen LogP contribution in [0.5, 0.6) is 0 Å². The van der Waals surface area contributed by atoms with Crippen LogP contribution in [0.25, 0.3) is 0 Å². The fourth-order valence-electron chi connectivity index (χ4n) is 5.63. The SMILES string of the molecule is C[C@H]1C[C@H](C)CN(c2cc(C(F)(F)F)nc(NC(=S)NCC3(c4ccccc4)CCCCC3)n2)C1. The molecule has 2 aliphatic rings. The lowest BCUT2D eigenvalue weighted by molar-refractivity contribution is -0.141. The highest BCUT2D eigenvalue weighted by Gasteiger charge is 2.36. The van der Waals surface area contributed by atoms with Crippen LogP contribution in [0.4, 0.5) is 24.9 Å². The van der Waals surface area contributed by atoms with E-state index in [0.29, 0.717) is 31.5 Å². The molecule has 1 aromatic heterocycles. The Labute approximate surface area is 210 Å². The number of hydrogen-bond donors (Lipinski definition) is 2. The predicted molar refractivity (Wildman–Crippen MR) is 138 cm³/mol. The highest BCUT2D eigenvalue weighted by atomic mass is 32.1. The van der Waals surface area contributed by atoms with Crippen LogP contribution in [0, 0.1) is 11.8 Å². The lowest BCUT2D eigenvalue weighted by Gasteiger charge is -2.38. The van der Waals surface area contributed by atoms with Gasteiger partial charge in [-0.05, 0) is 48.9 Å². The van der Waals surface area contributed by atoms with E-state index in [1.165, 1.54) is 12.0 Å². The predicted octanol–water partition coefficient (Wildman–Crippen LogP) is 6.17. The van der Waals surface area contributed by atoms with E-state index in [9.17, 15) is 13.2 Å². The first-order valence-electron chi connectivity index (χ1n) is 12.5. The fraction of sp³-hybridized carbons (Fsp3) is 0.577. The number of anilines is 2. The maximum atomic E-state index is 13.6. The highest BCUT2D eigenvalue weighted by molar-refractivity contribution is 7.80. The van der Waals surface area contributed by atoms with Crippen LogP contribution in [0.2, 0.25) is 0 Å². The molecule has 1 saturated carbocycles. The first-order valence-corrected chi connectivity index (χ1v) is 12.9. The van der Waals surface area contributed by atoms with Gasteiger partial charge in [0.15, 0.2) is 10.8 Å². The molecule has 1 aromatic carbocycles. The van der Waals surface area contributed by atoms with Crippen molar-refractivity contribution in [1.82, 2.24) is 15.3 Å². The second-order valence-corrected chi connectivity index (χ2v) is 10.7. The Morgan fingerprint density at radius 3 is 2.34 bits per heavy atom. The standard InChI is InChI=1S/C26H34F3N5S/c1-18-13-19(2)16-34(15-18)22-14-21(26(27,28)29)31-23(32-22)33-24(35)30-17-25(11-7-4-8-12-25)20-9-5-3-6-10-20/h3,5-6,9-10,14,18-19H,4,7-8,11-13,15-17H2,1-2H3,(H2,30,31,32,33,35)/t18-,19-/m0/s1. The van der Waals surface area contributed by atoms with Gasteiger partial charge < -0.3 is 15.5 Å². The van der Waals surface area contributed by atoms with Gasteiger partial charge in [-0.25, -0.2) is 4.98 Å². The summed E-state index contributed by atoms with van der Waals surface area (Å²) in [7, 11) is 0. The van der Waals surface area contributed by atoms with Crippen molar-refractivity contribution in [1.29, 1.82) is 0 Å². The Morgan fingerprint density at radius 2 is 1.71 bits per heavy atom. The molecule has 0 spiro atoms. The molecule has 9 heteroatoms. The van der Waals surface area contributed by atoms with Crippen molar-refractivity contribution >= 4 is 29.1 Å². The lowest BCUT2D eigenvalue weighted by Crippen LogP contribution is -2.43. The molecular weight excluding hydrogens is 471 g/mol. The van der Waals surface area contributed by atoms with E-state index in [1.807, 2.05) is 23.1 Å². The van der Waals surface area contributed by atoms with Gasteiger partial charge in [0.2, 0.25) is 5.95 Å². The van der Waals surface area contributed by atoms with Gasteiger partial charge in [0, 0.05) is 31.1 Å². The summed E-state index contributed by atoms with van der Waals surface area (Å²) in [5, 5.41) is 6.33. The van der Waals surface area contributed by atoms with Gasteiger partial charge >= 0.3 is 6.18 Å². The zero-order chi connectivity index (χ0) is 25.1. The molecule has 0 radical (unpaired) electrons. The Bertz CT molecular complexity index is 998. The second kappa shape index (κ2) is 10.7. The summed E-state index contributed by atoms with van der Waals surface area (Å²) in [6.07, 6.45) is 2.06. The van der Waals surface area contributed by atoms with Gasteiger partial charge in [-0.15, -0.1) is 0 Å². The van der Waals surface area contributed by atoms with Crippen LogP contribution < -0.4 is 15.5 Å². The molecule has 2 heterocycles. The number of alkyl halides is 3. The molecule has 4 rings (SSSR count). The van der Waals surface area contributed by atoms with Gasteiger partial charge in [-0.3, -0.25) is 0 Å². The summed E-state index contributed by atoms with van der Waals surface area (Å²) < 4.78 is 40.9. The number of nitrogens with zero attached hydrogens (tertiary/aromatic N) is 3. The molecule has 0 bridgehead atoms. The maximum Gasteiger partial charge on any atom is 0.433 e. The van der Waals surface area contributed by atoms with E-state index < -0.39 is 11.9 Å². The number of halogens is 3. The Hall–Kier alpha value is -2.42. The molecule has 2 atom stereocenters. The molecule has 1 aliphatic carbocycles. The lowest BCUT2D eigenvalue weighted by atomic mass is 9.69. The fourth-order valence-corrected chi connectivity index (χ4v) is 5.79. The van der Waals surface area contributed by atoms with E-state index in [2.05, 4.69) is 46.6 Å². The Morgan fingerprint density at radius 1 is 1.06 bits per heavy atom. The highest BCUT2D eigenvalue weighted by Crippen LogP contribution is 2.39. The van der Waals surface area contributed by atoms with Gasteiger partial charge in [-0.1, -0.05) is 63.4 Å². The number of hydrogen-bond acceptors (Lipinski definition) is 4. The van der Waals surface area contributed by atoms with E-state index in [1.54, 1.807) is 0 Å². The van der Waals surface area contributed by atoms with Crippen LogP contribution >= 0.6 is 12.2 Å². The molecule has 0 unspecified atom stereocenters. The van der Waals surface area contributed by atoms with Crippen molar-refractivity contribution in [3.8, 4) is 0 Å². The second-order valence-electron chi connectivity index (χ2n) is 10.3. The number of aromatic nitrogens is 2. The van der Waals surface area contributed by atoms with E-state index in [0.717, 1.165) is 38.2 Å². The molecule has 2 N–H and O–H groups in total. The third-order valence-corrected chi connectivity index (χ3v) is 7.45. The van der Waals surface area contributed by atoms with Crippen molar-refractivity contribution in [2.24, 2.45) is 11.8 Å². The van der Waals surface area contributed by atoms with Gasteiger partial charge in [0.25, 0.3) is 0 Å². The molecule has 1 aliphatic heterocycles. The van der Waals surface area contributed by atoms with E-state index in [4.69, 9.17) is 12.2 Å². The summed E-state index contributed by atoms with van der Waals surface area (Å²) in [5.74, 6) is 0.915. The molecular formula is C26H34F3N5S. The summed E-state index contributed by atoms with van der Waals surface area (Å²) in [5.41, 5.74) is 0.248. The minimum absolute atomic E-state index is 0.0504. The van der Waals surface area contributed by atoms with Gasteiger partial charge in [0.05, 0.1) is 0 Å². The molecule has 35 heavy (non-hydrogen) atoms. The minimum atomic E-state index is -4.57. The van der Waals surface area contributed by atoms with Crippen LogP contribution in [0.15, 0.2) is 36.4 Å². The van der Waals surface area contributed by atoms with Crippen molar-refractivity contribution in [2.45, 2.75) is 64.0 Å². The van der Waals surface area contributed by atoms with Crippen LogP contribution in [-0.2, 0) is 11.6 Å².